The lowest BCUT2D eigenvalue weighted by molar-refractivity contribution is 0.0696. The lowest BCUT2D eigenvalue weighted by Gasteiger charge is -2.21. The van der Waals surface area contributed by atoms with Crippen LogP contribution in [0.2, 0.25) is 0 Å². The number of hydrogen-bond acceptors (Lipinski definition) is 3. The Morgan fingerprint density at radius 1 is 1.53 bits per heavy atom. The maximum absolute atomic E-state index is 11.0. The Kier molecular flexibility index (Phi) is 4.10. The molecule has 0 atom stereocenters. The van der Waals surface area contributed by atoms with Gasteiger partial charge < -0.3 is 5.11 Å². The molecule has 1 aliphatic rings. The van der Waals surface area contributed by atoms with Crippen LogP contribution >= 0.6 is 11.8 Å². The molecule has 1 N–H and O–H groups in total. The van der Waals surface area contributed by atoms with Crippen LogP contribution in [-0.4, -0.2) is 26.1 Å². The van der Waals surface area contributed by atoms with Crippen LogP contribution in [0.1, 0.15) is 48.2 Å². The summed E-state index contributed by atoms with van der Waals surface area (Å²) in [6.07, 6.45) is 7.96. The summed E-state index contributed by atoms with van der Waals surface area (Å²) < 4.78 is 1.68. The third kappa shape index (κ3) is 3.03. The van der Waals surface area contributed by atoms with Crippen molar-refractivity contribution in [2.24, 2.45) is 7.05 Å². The molecular formula is C12H18N2O2S. The Morgan fingerprint density at radius 3 is 2.88 bits per heavy atom. The van der Waals surface area contributed by atoms with Crippen LogP contribution in [0.5, 0.6) is 0 Å². The number of carbonyl (C=O) groups is 1. The number of carboxylic acid groups (broad SMARTS) is 1. The van der Waals surface area contributed by atoms with Crippen LogP contribution in [0.3, 0.4) is 0 Å². The molecule has 0 aliphatic heterocycles. The van der Waals surface area contributed by atoms with Gasteiger partial charge in [-0.05, 0) is 12.8 Å². The van der Waals surface area contributed by atoms with Gasteiger partial charge in [0.2, 0.25) is 0 Å². The number of aromatic nitrogens is 2. The standard InChI is InChI=1S/C12H18N2O2S/c1-14-11(10(7-13-14)12(15)16)8-17-9-5-3-2-4-6-9/h7,9H,2-6,8H2,1H3,(H,15,16). The van der Waals surface area contributed by atoms with Crippen molar-refractivity contribution < 1.29 is 9.90 Å². The summed E-state index contributed by atoms with van der Waals surface area (Å²) in [7, 11) is 1.81. The van der Waals surface area contributed by atoms with Crippen molar-refractivity contribution in [3.8, 4) is 0 Å². The molecule has 0 aromatic carbocycles. The van der Waals surface area contributed by atoms with Gasteiger partial charge in [-0.15, -0.1) is 0 Å². The largest absolute Gasteiger partial charge is 0.478 e. The van der Waals surface area contributed by atoms with Crippen LogP contribution in [-0.2, 0) is 12.8 Å². The van der Waals surface area contributed by atoms with Gasteiger partial charge in [-0.2, -0.15) is 16.9 Å². The van der Waals surface area contributed by atoms with Gasteiger partial charge in [-0.1, -0.05) is 19.3 Å². The van der Waals surface area contributed by atoms with Crippen molar-refractivity contribution in [2.75, 3.05) is 0 Å². The first kappa shape index (κ1) is 12.5. The highest BCUT2D eigenvalue weighted by Crippen LogP contribution is 2.30. The zero-order valence-corrected chi connectivity index (χ0v) is 10.9. The van der Waals surface area contributed by atoms with Crippen molar-refractivity contribution in [2.45, 2.75) is 43.1 Å². The van der Waals surface area contributed by atoms with Crippen LogP contribution in [0.25, 0.3) is 0 Å². The molecule has 0 amide bonds. The molecule has 2 rings (SSSR count). The molecule has 17 heavy (non-hydrogen) atoms. The SMILES string of the molecule is Cn1ncc(C(=O)O)c1CSC1CCCCC1. The average Bonchev–Trinajstić information content (AvgIpc) is 2.69. The minimum Gasteiger partial charge on any atom is -0.478 e. The third-order valence-electron chi connectivity index (χ3n) is 3.30. The van der Waals surface area contributed by atoms with E-state index in [0.717, 1.165) is 11.4 Å². The summed E-state index contributed by atoms with van der Waals surface area (Å²) in [5, 5.41) is 13.8. The second-order valence-corrected chi connectivity index (χ2v) is 5.79. The fourth-order valence-electron chi connectivity index (χ4n) is 2.24. The Hall–Kier alpha value is -0.970. The molecule has 1 aromatic heterocycles. The van der Waals surface area contributed by atoms with Gasteiger partial charge in [0.05, 0.1) is 11.9 Å². The minimum absolute atomic E-state index is 0.343. The van der Waals surface area contributed by atoms with E-state index >= 15 is 0 Å². The fourth-order valence-corrected chi connectivity index (χ4v) is 3.64. The van der Waals surface area contributed by atoms with Crippen molar-refractivity contribution in [1.29, 1.82) is 0 Å². The predicted octanol–water partition coefficient (Wildman–Crippen LogP) is 2.68. The Labute approximate surface area is 105 Å². The van der Waals surface area contributed by atoms with Crippen LogP contribution in [0.15, 0.2) is 6.20 Å². The number of thioether (sulfide) groups is 1. The van der Waals surface area contributed by atoms with E-state index in [9.17, 15) is 4.79 Å². The lowest BCUT2D eigenvalue weighted by atomic mass is 10.0. The van der Waals surface area contributed by atoms with E-state index in [2.05, 4.69) is 5.10 Å². The van der Waals surface area contributed by atoms with E-state index in [1.165, 1.54) is 38.3 Å². The number of rotatable bonds is 4. The van der Waals surface area contributed by atoms with Gasteiger partial charge in [0, 0.05) is 18.1 Å². The summed E-state index contributed by atoms with van der Waals surface area (Å²) in [5.74, 6) is -0.125. The van der Waals surface area contributed by atoms with Crippen molar-refractivity contribution in [3.05, 3.63) is 17.5 Å². The molecule has 1 aromatic rings. The molecule has 0 spiro atoms. The molecule has 1 fully saturated rings. The number of carboxylic acids is 1. The first-order chi connectivity index (χ1) is 8.18. The van der Waals surface area contributed by atoms with Gasteiger partial charge in [-0.3, -0.25) is 4.68 Å². The van der Waals surface area contributed by atoms with E-state index in [-0.39, 0.29) is 0 Å². The first-order valence-electron chi connectivity index (χ1n) is 6.04. The monoisotopic (exact) mass is 254 g/mol. The number of aryl methyl sites for hydroxylation is 1. The van der Waals surface area contributed by atoms with E-state index in [4.69, 9.17) is 5.11 Å². The van der Waals surface area contributed by atoms with Crippen molar-refractivity contribution in [3.63, 3.8) is 0 Å². The number of nitrogens with zero attached hydrogens (tertiary/aromatic N) is 2. The topological polar surface area (TPSA) is 55.1 Å². The molecule has 5 heteroatoms. The molecule has 4 nitrogen and oxygen atoms in total. The highest BCUT2D eigenvalue weighted by Gasteiger charge is 2.18. The summed E-state index contributed by atoms with van der Waals surface area (Å²) in [4.78, 5) is 11.0. The molecule has 0 radical (unpaired) electrons. The van der Waals surface area contributed by atoms with Gasteiger partial charge in [0.25, 0.3) is 0 Å². The van der Waals surface area contributed by atoms with Crippen LogP contribution < -0.4 is 0 Å². The van der Waals surface area contributed by atoms with Gasteiger partial charge in [0.15, 0.2) is 0 Å². The smallest absolute Gasteiger partial charge is 0.339 e. The normalized spacial score (nSPS) is 17.2. The minimum atomic E-state index is -0.877. The fraction of sp³-hybridized carbons (Fsp3) is 0.667. The number of hydrogen-bond donors (Lipinski definition) is 1. The Bertz CT molecular complexity index is 397. The van der Waals surface area contributed by atoms with Gasteiger partial charge in [0.1, 0.15) is 5.56 Å². The highest BCUT2D eigenvalue weighted by atomic mass is 32.2. The zero-order valence-electron chi connectivity index (χ0n) is 10.1. The summed E-state index contributed by atoms with van der Waals surface area (Å²) in [6, 6.07) is 0. The maximum atomic E-state index is 11.0. The molecule has 0 saturated heterocycles. The summed E-state index contributed by atoms with van der Waals surface area (Å²) >= 11 is 1.88. The molecule has 0 bridgehead atoms. The molecule has 1 saturated carbocycles. The molecular weight excluding hydrogens is 236 g/mol. The molecule has 94 valence electrons. The van der Waals surface area contributed by atoms with Crippen LogP contribution in [0, 0.1) is 0 Å². The lowest BCUT2D eigenvalue weighted by Crippen LogP contribution is -2.10. The van der Waals surface area contributed by atoms with E-state index in [1.807, 2.05) is 18.8 Å². The van der Waals surface area contributed by atoms with Crippen molar-refractivity contribution in [1.82, 2.24) is 9.78 Å². The molecule has 0 unspecified atom stereocenters. The second kappa shape index (κ2) is 5.58. The number of aromatic carboxylic acids is 1. The van der Waals surface area contributed by atoms with E-state index in [1.54, 1.807) is 4.68 Å². The summed E-state index contributed by atoms with van der Waals surface area (Å²) in [5.41, 5.74) is 1.17. The average molecular weight is 254 g/mol. The van der Waals surface area contributed by atoms with E-state index < -0.39 is 5.97 Å². The van der Waals surface area contributed by atoms with Gasteiger partial charge in [-0.25, -0.2) is 4.79 Å². The predicted molar refractivity (Wildman–Crippen MR) is 68.3 cm³/mol. The zero-order chi connectivity index (χ0) is 12.3. The van der Waals surface area contributed by atoms with Crippen molar-refractivity contribution >= 4 is 17.7 Å². The van der Waals surface area contributed by atoms with Gasteiger partial charge >= 0.3 is 5.97 Å². The van der Waals surface area contributed by atoms with E-state index in [0.29, 0.717) is 10.8 Å². The first-order valence-corrected chi connectivity index (χ1v) is 7.09. The molecule has 1 aliphatic carbocycles. The molecule has 1 heterocycles. The quantitative estimate of drug-likeness (QED) is 0.897. The Morgan fingerprint density at radius 2 is 2.24 bits per heavy atom. The highest BCUT2D eigenvalue weighted by molar-refractivity contribution is 7.99. The summed E-state index contributed by atoms with van der Waals surface area (Å²) in [6.45, 7) is 0. The second-order valence-electron chi connectivity index (χ2n) is 4.50. The Balaban J connectivity index is 1.97. The third-order valence-corrected chi connectivity index (χ3v) is 4.68. The van der Waals surface area contributed by atoms with Crippen LogP contribution in [0.4, 0.5) is 0 Å². The maximum Gasteiger partial charge on any atom is 0.339 e.